The van der Waals surface area contributed by atoms with Crippen molar-refractivity contribution in [2.75, 3.05) is 0 Å². The summed E-state index contributed by atoms with van der Waals surface area (Å²) in [6.45, 7) is 4.21. The third-order valence-corrected chi connectivity index (χ3v) is 3.01. The summed E-state index contributed by atoms with van der Waals surface area (Å²) >= 11 is 3.51. The van der Waals surface area contributed by atoms with Crippen LogP contribution in [0.5, 0.6) is 0 Å². The lowest BCUT2D eigenvalue weighted by Crippen LogP contribution is -2.10. The zero-order valence-corrected chi connectivity index (χ0v) is 11.3. The zero-order valence-electron chi connectivity index (χ0n) is 9.76. The second kappa shape index (κ2) is 5.85. The highest BCUT2D eigenvalue weighted by atomic mass is 79.9. The molecule has 0 saturated heterocycles. The predicted molar refractivity (Wildman–Crippen MR) is 65.1 cm³/mol. The molecule has 1 unspecified atom stereocenters. The van der Waals surface area contributed by atoms with Crippen molar-refractivity contribution in [1.29, 1.82) is 0 Å². The molecule has 0 aromatic carbocycles. The monoisotopic (exact) mass is 309 g/mol. The summed E-state index contributed by atoms with van der Waals surface area (Å²) < 4.78 is 36.9. The van der Waals surface area contributed by atoms with Crippen LogP contribution in [0.15, 0.2) is 18.3 Å². The number of alkyl halides is 4. The Balaban J connectivity index is 2.63. The number of rotatable bonds is 4. The Labute approximate surface area is 108 Å². The third-order valence-electron chi connectivity index (χ3n) is 2.31. The van der Waals surface area contributed by atoms with Gasteiger partial charge in [-0.05, 0) is 24.5 Å². The molecule has 0 amide bonds. The Bertz CT molecular complexity index is 346. The fraction of sp³-hybridized carbons (Fsp3) is 0.583. The van der Waals surface area contributed by atoms with Gasteiger partial charge in [0, 0.05) is 23.1 Å². The van der Waals surface area contributed by atoms with Crippen molar-refractivity contribution in [1.82, 2.24) is 4.98 Å². The van der Waals surface area contributed by atoms with Crippen LogP contribution in [0, 0.1) is 5.92 Å². The highest BCUT2D eigenvalue weighted by Gasteiger charge is 2.30. The zero-order chi connectivity index (χ0) is 13.1. The van der Waals surface area contributed by atoms with Gasteiger partial charge in [0.2, 0.25) is 0 Å². The molecule has 1 rings (SSSR count). The fourth-order valence-corrected chi connectivity index (χ4v) is 2.61. The van der Waals surface area contributed by atoms with Gasteiger partial charge in [-0.15, -0.1) is 0 Å². The third kappa shape index (κ3) is 5.06. The molecule has 0 aliphatic heterocycles. The van der Waals surface area contributed by atoms with Gasteiger partial charge in [-0.2, -0.15) is 13.2 Å². The van der Waals surface area contributed by atoms with Crippen LogP contribution in [0.3, 0.4) is 0 Å². The lowest BCUT2D eigenvalue weighted by molar-refractivity contribution is -0.137. The maximum Gasteiger partial charge on any atom is 0.417 e. The normalized spacial score (nSPS) is 14.1. The number of hydrogen-bond acceptors (Lipinski definition) is 1. The Kier molecular flexibility index (Phi) is 4.98. The molecule has 1 heterocycles. The van der Waals surface area contributed by atoms with Crippen LogP contribution in [-0.4, -0.2) is 9.81 Å². The highest BCUT2D eigenvalue weighted by Crippen LogP contribution is 2.28. The average molecular weight is 310 g/mol. The van der Waals surface area contributed by atoms with Crippen LogP contribution >= 0.6 is 15.9 Å². The molecule has 1 aromatic rings. The lowest BCUT2D eigenvalue weighted by atomic mass is 10.0. The van der Waals surface area contributed by atoms with E-state index in [2.05, 4.69) is 34.8 Å². The Morgan fingerprint density at radius 1 is 1.29 bits per heavy atom. The van der Waals surface area contributed by atoms with Crippen LogP contribution in [-0.2, 0) is 12.6 Å². The summed E-state index contributed by atoms with van der Waals surface area (Å²) in [5.41, 5.74) is -0.0169. The van der Waals surface area contributed by atoms with Gasteiger partial charge in [0.1, 0.15) is 0 Å². The Hall–Kier alpha value is -0.580. The first-order chi connectivity index (χ1) is 7.79. The first kappa shape index (κ1) is 14.5. The molecule has 5 heteroatoms. The van der Waals surface area contributed by atoms with E-state index >= 15 is 0 Å². The number of halogens is 4. The molecule has 17 heavy (non-hydrogen) atoms. The van der Waals surface area contributed by atoms with E-state index < -0.39 is 11.7 Å². The number of aromatic nitrogens is 1. The molecule has 1 atom stereocenters. The maximum absolute atomic E-state index is 12.3. The summed E-state index contributed by atoms with van der Waals surface area (Å²) in [6.07, 6.45) is -1.79. The molecular weight excluding hydrogens is 295 g/mol. The van der Waals surface area contributed by atoms with E-state index in [1.54, 1.807) is 0 Å². The van der Waals surface area contributed by atoms with Gasteiger partial charge >= 0.3 is 6.18 Å². The summed E-state index contributed by atoms with van der Waals surface area (Å²) in [6, 6.07) is 2.52. The van der Waals surface area contributed by atoms with E-state index in [0.717, 1.165) is 18.7 Å². The van der Waals surface area contributed by atoms with Crippen molar-refractivity contribution in [3.63, 3.8) is 0 Å². The van der Waals surface area contributed by atoms with Crippen LogP contribution in [0.2, 0.25) is 0 Å². The van der Waals surface area contributed by atoms with Crippen LogP contribution in [0.1, 0.15) is 31.5 Å². The van der Waals surface area contributed by atoms with Crippen LogP contribution in [0.25, 0.3) is 0 Å². The van der Waals surface area contributed by atoms with Crippen molar-refractivity contribution in [2.45, 2.75) is 37.7 Å². The fourth-order valence-electron chi connectivity index (χ4n) is 1.53. The summed E-state index contributed by atoms with van der Waals surface area (Å²) in [5, 5.41) is 0. The molecule has 0 saturated carbocycles. The SMILES string of the molecule is CC(C)CC(Br)Cc1ccc(C(F)(F)F)cn1. The molecule has 0 radical (unpaired) electrons. The summed E-state index contributed by atoms with van der Waals surface area (Å²) in [7, 11) is 0. The number of hydrogen-bond donors (Lipinski definition) is 0. The van der Waals surface area contributed by atoms with Gasteiger partial charge in [0.15, 0.2) is 0 Å². The largest absolute Gasteiger partial charge is 0.417 e. The van der Waals surface area contributed by atoms with Gasteiger partial charge in [0.05, 0.1) is 5.56 Å². The van der Waals surface area contributed by atoms with E-state index in [-0.39, 0.29) is 4.83 Å². The van der Waals surface area contributed by atoms with Crippen LogP contribution < -0.4 is 0 Å². The molecule has 1 nitrogen and oxygen atoms in total. The minimum Gasteiger partial charge on any atom is -0.261 e. The van der Waals surface area contributed by atoms with Gasteiger partial charge in [-0.25, -0.2) is 0 Å². The summed E-state index contributed by atoms with van der Waals surface area (Å²) in [5.74, 6) is 0.550. The van der Waals surface area contributed by atoms with Gasteiger partial charge in [-0.1, -0.05) is 29.8 Å². The van der Waals surface area contributed by atoms with Crippen molar-refractivity contribution in [3.8, 4) is 0 Å². The van der Waals surface area contributed by atoms with E-state index in [4.69, 9.17) is 0 Å². The smallest absolute Gasteiger partial charge is 0.261 e. The second-order valence-corrected chi connectivity index (χ2v) is 5.76. The Morgan fingerprint density at radius 3 is 2.35 bits per heavy atom. The van der Waals surface area contributed by atoms with E-state index in [1.165, 1.54) is 6.07 Å². The predicted octanol–water partition coefficient (Wildman–Crippen LogP) is 4.45. The molecule has 0 spiro atoms. The van der Waals surface area contributed by atoms with Crippen molar-refractivity contribution < 1.29 is 13.2 Å². The van der Waals surface area contributed by atoms with Gasteiger partial charge in [-0.3, -0.25) is 4.98 Å². The quantitative estimate of drug-likeness (QED) is 0.749. The maximum atomic E-state index is 12.3. The van der Waals surface area contributed by atoms with E-state index in [1.807, 2.05) is 0 Å². The molecule has 0 bridgehead atoms. The molecular formula is C12H15BrF3N. The minimum absolute atomic E-state index is 0.256. The van der Waals surface area contributed by atoms with E-state index in [9.17, 15) is 13.2 Å². The van der Waals surface area contributed by atoms with Crippen molar-refractivity contribution >= 4 is 15.9 Å². The number of pyridine rings is 1. The second-order valence-electron chi connectivity index (χ2n) is 4.47. The van der Waals surface area contributed by atoms with Gasteiger partial charge < -0.3 is 0 Å². The standard InChI is InChI=1S/C12H15BrF3N/c1-8(2)5-10(13)6-11-4-3-9(7-17-11)12(14,15)16/h3-4,7-8,10H,5-6H2,1-2H3. The van der Waals surface area contributed by atoms with Gasteiger partial charge in [0.25, 0.3) is 0 Å². The van der Waals surface area contributed by atoms with Crippen molar-refractivity contribution in [3.05, 3.63) is 29.6 Å². The first-order valence-corrected chi connectivity index (χ1v) is 6.37. The lowest BCUT2D eigenvalue weighted by Gasteiger charge is -2.12. The topological polar surface area (TPSA) is 12.9 Å². The summed E-state index contributed by atoms with van der Waals surface area (Å²) in [4.78, 5) is 4.10. The highest BCUT2D eigenvalue weighted by molar-refractivity contribution is 9.09. The molecule has 0 N–H and O–H groups in total. The molecule has 0 aliphatic rings. The van der Waals surface area contributed by atoms with Crippen molar-refractivity contribution in [2.24, 2.45) is 5.92 Å². The first-order valence-electron chi connectivity index (χ1n) is 5.45. The molecule has 0 fully saturated rings. The van der Waals surface area contributed by atoms with Crippen LogP contribution in [0.4, 0.5) is 13.2 Å². The molecule has 1 aromatic heterocycles. The molecule has 96 valence electrons. The minimum atomic E-state index is -4.31. The average Bonchev–Trinajstić information content (AvgIpc) is 2.15. The van der Waals surface area contributed by atoms with E-state index in [0.29, 0.717) is 18.0 Å². The Morgan fingerprint density at radius 2 is 1.94 bits per heavy atom. The molecule has 0 aliphatic carbocycles. The number of nitrogens with zero attached hydrogens (tertiary/aromatic N) is 1.